The molecule has 0 fully saturated rings. The Kier molecular flexibility index (Phi) is 6.45. The molecule has 0 spiro atoms. The third kappa shape index (κ3) is 6.14. The second kappa shape index (κ2) is 8.56. The van der Waals surface area contributed by atoms with E-state index in [1.807, 2.05) is 24.3 Å². The molecule has 2 aromatic rings. The fraction of sp³-hybridized carbons (Fsp3) is 0.381. The molecular weight excluding hydrogens is 314 g/mol. The van der Waals surface area contributed by atoms with Gasteiger partial charge in [0, 0.05) is 6.42 Å². The third-order valence-electron chi connectivity index (χ3n) is 4.03. The minimum atomic E-state index is -0.0464. The number of carbonyl (C=O) groups excluding carboxylic acids is 1. The molecule has 0 saturated heterocycles. The maximum atomic E-state index is 11.8. The predicted molar refractivity (Wildman–Crippen MR) is 100 cm³/mol. The molecule has 0 aliphatic carbocycles. The van der Waals surface area contributed by atoms with Gasteiger partial charge in [0.2, 0.25) is 5.91 Å². The Morgan fingerprint density at radius 2 is 1.76 bits per heavy atom. The predicted octanol–water partition coefficient (Wildman–Crippen LogP) is 3.82. The summed E-state index contributed by atoms with van der Waals surface area (Å²) in [4.78, 5) is 11.8. The normalized spacial score (nSPS) is 11.2. The van der Waals surface area contributed by atoms with Crippen LogP contribution in [0.4, 0.5) is 0 Å². The fourth-order valence-corrected chi connectivity index (χ4v) is 2.47. The molecule has 4 nitrogen and oxygen atoms in total. The van der Waals surface area contributed by atoms with Crippen LogP contribution in [0.15, 0.2) is 48.5 Å². The molecule has 0 atom stereocenters. The number of hydrogen-bond acceptors (Lipinski definition) is 3. The van der Waals surface area contributed by atoms with E-state index >= 15 is 0 Å². The number of phenols is 1. The van der Waals surface area contributed by atoms with Gasteiger partial charge in [0.05, 0.1) is 6.54 Å². The van der Waals surface area contributed by atoms with Crippen LogP contribution < -0.4 is 10.1 Å². The topological polar surface area (TPSA) is 58.6 Å². The maximum absolute atomic E-state index is 11.8. The summed E-state index contributed by atoms with van der Waals surface area (Å²) in [5.41, 5.74) is 2.17. The van der Waals surface area contributed by atoms with Crippen molar-refractivity contribution in [2.45, 2.75) is 39.0 Å². The molecule has 2 N–H and O–H groups in total. The van der Waals surface area contributed by atoms with Crippen LogP contribution in [0, 0.1) is 0 Å². The van der Waals surface area contributed by atoms with Crippen LogP contribution >= 0.6 is 0 Å². The number of benzene rings is 2. The van der Waals surface area contributed by atoms with E-state index in [1.165, 1.54) is 5.56 Å². The van der Waals surface area contributed by atoms with Gasteiger partial charge in [-0.1, -0.05) is 51.1 Å². The number of para-hydroxylation sites is 1. The highest BCUT2D eigenvalue weighted by Crippen LogP contribution is 2.24. The molecular formula is C21H27NO3. The molecule has 0 heterocycles. The van der Waals surface area contributed by atoms with E-state index in [1.54, 1.807) is 12.1 Å². The van der Waals surface area contributed by atoms with Gasteiger partial charge in [0.25, 0.3) is 0 Å². The number of carbonyl (C=O) groups is 1. The van der Waals surface area contributed by atoms with E-state index in [4.69, 9.17) is 4.74 Å². The van der Waals surface area contributed by atoms with Crippen molar-refractivity contribution in [2.24, 2.45) is 0 Å². The Labute approximate surface area is 149 Å². The highest BCUT2D eigenvalue weighted by atomic mass is 16.5. The van der Waals surface area contributed by atoms with Crippen LogP contribution in [0.2, 0.25) is 0 Å². The number of aromatic hydroxyl groups is 1. The number of rotatable bonds is 7. The first-order valence-electron chi connectivity index (χ1n) is 8.63. The number of nitrogens with one attached hydrogen (secondary N) is 1. The van der Waals surface area contributed by atoms with E-state index in [2.05, 4.69) is 38.2 Å². The molecule has 0 bridgehead atoms. The van der Waals surface area contributed by atoms with Crippen molar-refractivity contribution in [1.29, 1.82) is 0 Å². The highest BCUT2D eigenvalue weighted by molar-refractivity contribution is 5.76. The number of amides is 1. The monoisotopic (exact) mass is 341 g/mol. The van der Waals surface area contributed by atoms with Crippen molar-refractivity contribution in [3.8, 4) is 11.5 Å². The Bertz CT molecular complexity index is 687. The van der Waals surface area contributed by atoms with Crippen LogP contribution in [0.5, 0.6) is 11.5 Å². The molecule has 0 aliphatic rings. The first-order valence-corrected chi connectivity index (χ1v) is 8.63. The van der Waals surface area contributed by atoms with Crippen molar-refractivity contribution >= 4 is 5.91 Å². The molecule has 0 saturated carbocycles. The first kappa shape index (κ1) is 18.8. The van der Waals surface area contributed by atoms with Crippen molar-refractivity contribution in [3.05, 3.63) is 59.7 Å². The summed E-state index contributed by atoms with van der Waals surface area (Å²) in [5, 5.41) is 12.5. The Morgan fingerprint density at radius 1 is 1.08 bits per heavy atom. The molecule has 2 rings (SSSR count). The van der Waals surface area contributed by atoms with Gasteiger partial charge in [-0.15, -0.1) is 0 Å². The molecule has 25 heavy (non-hydrogen) atoms. The zero-order chi connectivity index (χ0) is 18.3. The lowest BCUT2D eigenvalue weighted by molar-refractivity contribution is -0.121. The minimum Gasteiger partial charge on any atom is -0.508 e. The molecule has 0 radical (unpaired) electrons. The smallest absolute Gasteiger partial charge is 0.220 e. The van der Waals surface area contributed by atoms with Crippen molar-refractivity contribution in [3.63, 3.8) is 0 Å². The van der Waals surface area contributed by atoms with Crippen LogP contribution in [0.3, 0.4) is 0 Å². The van der Waals surface area contributed by atoms with E-state index in [0.29, 0.717) is 26.0 Å². The van der Waals surface area contributed by atoms with Gasteiger partial charge >= 0.3 is 0 Å². The zero-order valence-corrected chi connectivity index (χ0v) is 15.2. The number of phenolic OH excluding ortho intramolecular Hbond substituents is 1. The molecule has 0 aromatic heterocycles. The summed E-state index contributed by atoms with van der Waals surface area (Å²) in [6.45, 7) is 7.41. The van der Waals surface area contributed by atoms with Gasteiger partial charge in [0.1, 0.15) is 18.1 Å². The van der Waals surface area contributed by atoms with E-state index < -0.39 is 0 Å². The molecule has 134 valence electrons. The van der Waals surface area contributed by atoms with Gasteiger partial charge in [-0.3, -0.25) is 4.79 Å². The highest BCUT2D eigenvalue weighted by Gasteiger charge is 2.12. The fourth-order valence-electron chi connectivity index (χ4n) is 2.47. The summed E-state index contributed by atoms with van der Waals surface area (Å²) in [5.74, 6) is 0.990. The molecule has 0 aliphatic heterocycles. The summed E-state index contributed by atoms with van der Waals surface area (Å²) in [7, 11) is 0. The van der Waals surface area contributed by atoms with Crippen LogP contribution in [0.25, 0.3) is 0 Å². The second-order valence-electron chi connectivity index (χ2n) is 7.10. The van der Waals surface area contributed by atoms with Crippen molar-refractivity contribution < 1.29 is 14.6 Å². The summed E-state index contributed by atoms with van der Waals surface area (Å²) >= 11 is 0. The number of hydrogen-bond donors (Lipinski definition) is 2. The van der Waals surface area contributed by atoms with Gasteiger partial charge in [0.15, 0.2) is 0 Å². The zero-order valence-electron chi connectivity index (χ0n) is 15.2. The lowest BCUT2D eigenvalue weighted by Crippen LogP contribution is -2.28. The third-order valence-corrected chi connectivity index (χ3v) is 4.03. The van der Waals surface area contributed by atoms with E-state index in [-0.39, 0.29) is 17.1 Å². The molecule has 4 heteroatoms. The Balaban J connectivity index is 1.67. The van der Waals surface area contributed by atoms with Crippen molar-refractivity contribution in [1.82, 2.24) is 5.32 Å². The van der Waals surface area contributed by atoms with Gasteiger partial charge in [-0.2, -0.15) is 0 Å². The summed E-state index contributed by atoms with van der Waals surface area (Å²) in [6.07, 6.45) is 0.867. The standard InChI is InChI=1S/C21H27NO3/c1-21(2,3)17-9-11-18(12-10-17)25-15-14-22-20(24)13-8-16-6-4-5-7-19(16)23/h4-7,9-12,23H,8,13-15H2,1-3H3,(H,22,24). The maximum Gasteiger partial charge on any atom is 0.220 e. The Morgan fingerprint density at radius 3 is 2.40 bits per heavy atom. The molecule has 0 unspecified atom stereocenters. The van der Waals surface area contributed by atoms with Crippen molar-refractivity contribution in [2.75, 3.05) is 13.2 Å². The Hall–Kier alpha value is -2.49. The second-order valence-corrected chi connectivity index (χ2v) is 7.10. The SMILES string of the molecule is CC(C)(C)c1ccc(OCCNC(=O)CCc2ccccc2O)cc1. The van der Waals surface area contributed by atoms with E-state index in [0.717, 1.165) is 11.3 Å². The molecule has 2 aromatic carbocycles. The van der Waals surface area contributed by atoms with Crippen LogP contribution in [-0.4, -0.2) is 24.2 Å². The van der Waals surface area contributed by atoms with Crippen LogP contribution in [-0.2, 0) is 16.6 Å². The average Bonchev–Trinajstić information content (AvgIpc) is 2.57. The van der Waals surface area contributed by atoms with Gasteiger partial charge < -0.3 is 15.2 Å². The van der Waals surface area contributed by atoms with Gasteiger partial charge in [-0.25, -0.2) is 0 Å². The summed E-state index contributed by atoms with van der Waals surface area (Å²) in [6, 6.07) is 15.1. The number of ether oxygens (including phenoxy) is 1. The summed E-state index contributed by atoms with van der Waals surface area (Å²) < 4.78 is 5.65. The lowest BCUT2D eigenvalue weighted by Gasteiger charge is -2.19. The lowest BCUT2D eigenvalue weighted by atomic mass is 9.87. The van der Waals surface area contributed by atoms with E-state index in [9.17, 15) is 9.90 Å². The number of aryl methyl sites for hydroxylation is 1. The largest absolute Gasteiger partial charge is 0.508 e. The quantitative estimate of drug-likeness (QED) is 0.753. The van der Waals surface area contributed by atoms with Crippen LogP contribution in [0.1, 0.15) is 38.3 Å². The molecule has 1 amide bonds. The average molecular weight is 341 g/mol. The first-order chi connectivity index (χ1) is 11.9. The minimum absolute atomic E-state index is 0.0464. The van der Waals surface area contributed by atoms with Gasteiger partial charge in [-0.05, 0) is 41.2 Å².